The summed E-state index contributed by atoms with van der Waals surface area (Å²) in [5.41, 5.74) is 6.19. The first-order valence-corrected chi connectivity index (χ1v) is 6.32. The van der Waals surface area contributed by atoms with E-state index in [4.69, 9.17) is 10.6 Å². The van der Waals surface area contributed by atoms with E-state index in [0.717, 1.165) is 26.9 Å². The molecule has 0 fully saturated rings. The molecule has 0 aliphatic carbocycles. The first-order valence-electron chi connectivity index (χ1n) is 5.55. The second kappa shape index (κ2) is 5.66. The Hall–Kier alpha value is -2.15. The first-order chi connectivity index (χ1) is 9.11. The van der Waals surface area contributed by atoms with Gasteiger partial charge < -0.3 is 10.5 Å². The van der Waals surface area contributed by atoms with Crippen LogP contribution in [0.15, 0.2) is 34.9 Å². The minimum absolute atomic E-state index is 0.0803. The average Bonchev–Trinajstić information content (AvgIpc) is 2.38. The van der Waals surface area contributed by atoms with Crippen molar-refractivity contribution >= 4 is 30.1 Å². The number of hydrogen-bond acceptors (Lipinski definition) is 6. The molecule has 0 spiro atoms. The van der Waals surface area contributed by atoms with Crippen LogP contribution in [0.4, 0.5) is 4.79 Å². The van der Waals surface area contributed by atoms with E-state index >= 15 is 0 Å². The molecule has 2 N–H and O–H groups in total. The number of fused-ring (bicyclic) bond motifs is 1. The number of rotatable bonds is 3. The Morgan fingerprint density at radius 1 is 1.37 bits per heavy atom. The van der Waals surface area contributed by atoms with E-state index in [1.807, 2.05) is 24.3 Å². The summed E-state index contributed by atoms with van der Waals surface area (Å²) in [5, 5.41) is 0. The number of hydrogen-bond donors (Lipinski definition) is 1. The van der Waals surface area contributed by atoms with E-state index in [2.05, 4.69) is 4.74 Å². The van der Waals surface area contributed by atoms with E-state index in [1.165, 1.54) is 0 Å². The Labute approximate surface area is 114 Å². The summed E-state index contributed by atoms with van der Waals surface area (Å²) in [6, 6.07) is 7.37. The normalized spacial score (nSPS) is 13.3. The van der Waals surface area contributed by atoms with Gasteiger partial charge in [-0.2, -0.15) is 0 Å². The number of hydroxylamine groups is 1. The zero-order chi connectivity index (χ0) is 13.8. The van der Waals surface area contributed by atoms with Gasteiger partial charge in [-0.05, 0) is 24.6 Å². The lowest BCUT2D eigenvalue weighted by Crippen LogP contribution is -2.30. The third-order valence-electron chi connectivity index (χ3n) is 2.26. The van der Waals surface area contributed by atoms with E-state index in [9.17, 15) is 9.59 Å². The van der Waals surface area contributed by atoms with Gasteiger partial charge in [-0.3, -0.25) is 9.63 Å². The highest BCUT2D eigenvalue weighted by molar-refractivity contribution is 7.97. The Bertz CT molecular complexity index is 544. The molecule has 0 saturated heterocycles. The molecule has 1 aliphatic heterocycles. The minimum atomic E-state index is -0.887. The molecule has 7 heteroatoms. The van der Waals surface area contributed by atoms with E-state index < -0.39 is 12.1 Å². The summed E-state index contributed by atoms with van der Waals surface area (Å²) in [6.07, 6.45) is 0.675. The molecular weight excluding hydrogens is 268 g/mol. The molecule has 0 aromatic heterocycles. The van der Waals surface area contributed by atoms with Gasteiger partial charge in [-0.25, -0.2) is 4.79 Å². The number of nitrogens with two attached hydrogens (primary N) is 1. The highest BCUT2D eigenvalue weighted by Gasteiger charge is 2.26. The smallest absolute Gasteiger partial charge is 0.433 e. The number of ether oxygens (including phenoxy) is 1. The molecule has 2 rings (SSSR count). The average molecular weight is 280 g/mol. The molecule has 1 aromatic rings. The maximum absolute atomic E-state index is 11.4. The number of amides is 1. The summed E-state index contributed by atoms with van der Waals surface area (Å²) in [7, 11) is 0. The Kier molecular flexibility index (Phi) is 3.96. The van der Waals surface area contributed by atoms with Gasteiger partial charge in [-0.1, -0.05) is 18.2 Å². The van der Waals surface area contributed by atoms with Crippen molar-refractivity contribution in [3.8, 4) is 0 Å². The molecule has 0 bridgehead atoms. The fourth-order valence-corrected chi connectivity index (χ4v) is 2.35. The quantitative estimate of drug-likeness (QED) is 0.673. The molecule has 0 saturated carbocycles. The molecule has 19 heavy (non-hydrogen) atoms. The number of carbonyl (C=O) groups is 2. The van der Waals surface area contributed by atoms with Crippen LogP contribution in [0.3, 0.4) is 0 Å². The van der Waals surface area contributed by atoms with Gasteiger partial charge in [0.2, 0.25) is 0 Å². The van der Waals surface area contributed by atoms with Crippen molar-refractivity contribution in [2.45, 2.75) is 11.8 Å². The van der Waals surface area contributed by atoms with Crippen LogP contribution < -0.4 is 5.73 Å². The van der Waals surface area contributed by atoms with Crippen molar-refractivity contribution in [2.24, 2.45) is 5.73 Å². The predicted octanol–water partition coefficient (Wildman–Crippen LogP) is 1.92. The largest absolute Gasteiger partial charge is 0.534 e. The molecule has 0 radical (unpaired) electrons. The molecular formula is C12H12N2O4S. The van der Waals surface area contributed by atoms with E-state index in [0.29, 0.717) is 0 Å². The van der Waals surface area contributed by atoms with Crippen molar-refractivity contribution in [3.05, 3.63) is 35.5 Å². The number of benzene rings is 1. The Morgan fingerprint density at radius 3 is 2.79 bits per heavy atom. The zero-order valence-electron chi connectivity index (χ0n) is 10.2. The lowest BCUT2D eigenvalue weighted by Gasteiger charge is -2.25. The fourth-order valence-electron chi connectivity index (χ4n) is 1.46. The van der Waals surface area contributed by atoms with Gasteiger partial charge in [0.1, 0.15) is 0 Å². The predicted molar refractivity (Wildman–Crippen MR) is 69.4 cm³/mol. The highest BCUT2D eigenvalue weighted by atomic mass is 32.2. The van der Waals surface area contributed by atoms with Gasteiger partial charge in [0.15, 0.2) is 5.70 Å². The molecule has 1 heterocycles. The second-order valence-corrected chi connectivity index (χ2v) is 4.51. The van der Waals surface area contributed by atoms with Crippen molar-refractivity contribution in [3.63, 3.8) is 0 Å². The van der Waals surface area contributed by atoms with Crippen LogP contribution in [0.1, 0.15) is 12.5 Å². The van der Waals surface area contributed by atoms with Crippen LogP contribution in [0.25, 0.3) is 6.08 Å². The van der Waals surface area contributed by atoms with Crippen molar-refractivity contribution in [2.75, 3.05) is 6.61 Å². The van der Waals surface area contributed by atoms with Crippen LogP contribution in [-0.2, 0) is 14.4 Å². The van der Waals surface area contributed by atoms with Gasteiger partial charge >= 0.3 is 6.16 Å². The second-order valence-electron chi connectivity index (χ2n) is 3.55. The van der Waals surface area contributed by atoms with Crippen LogP contribution in [-0.4, -0.2) is 23.1 Å². The van der Waals surface area contributed by atoms with Gasteiger partial charge in [0.25, 0.3) is 5.91 Å². The van der Waals surface area contributed by atoms with Crippen LogP contribution in [0.2, 0.25) is 0 Å². The molecule has 6 nitrogen and oxygen atoms in total. The van der Waals surface area contributed by atoms with Crippen molar-refractivity contribution < 1.29 is 19.2 Å². The molecule has 0 unspecified atom stereocenters. The fraction of sp³-hybridized carbons (Fsp3) is 0.167. The lowest BCUT2D eigenvalue weighted by molar-refractivity contribution is -0.119. The molecule has 100 valence electrons. The number of nitrogens with zero attached hydrogens (tertiary/aromatic N) is 1. The molecule has 1 amide bonds. The van der Waals surface area contributed by atoms with Gasteiger partial charge in [0.05, 0.1) is 6.61 Å². The highest BCUT2D eigenvalue weighted by Crippen LogP contribution is 2.36. The number of carbonyl (C=O) groups excluding carboxylic acids is 2. The molecule has 1 aromatic carbocycles. The Morgan fingerprint density at radius 2 is 2.11 bits per heavy atom. The van der Waals surface area contributed by atoms with Gasteiger partial charge in [0, 0.05) is 16.8 Å². The van der Waals surface area contributed by atoms with E-state index in [-0.39, 0.29) is 12.3 Å². The molecule has 0 atom stereocenters. The third kappa shape index (κ3) is 3.00. The van der Waals surface area contributed by atoms with E-state index in [1.54, 1.807) is 13.0 Å². The Balaban J connectivity index is 2.25. The summed E-state index contributed by atoms with van der Waals surface area (Å²) < 4.78 is 5.72. The monoisotopic (exact) mass is 280 g/mol. The summed E-state index contributed by atoms with van der Waals surface area (Å²) >= 11 is 1.09. The lowest BCUT2D eigenvalue weighted by atomic mass is 10.2. The van der Waals surface area contributed by atoms with Crippen LogP contribution in [0.5, 0.6) is 0 Å². The van der Waals surface area contributed by atoms with Crippen molar-refractivity contribution in [1.29, 1.82) is 0 Å². The SMILES string of the molecule is CCOC(=O)ON1Sc2ccccc2C=C1C(N)=O. The summed E-state index contributed by atoms with van der Waals surface area (Å²) in [6.45, 7) is 1.84. The summed E-state index contributed by atoms with van der Waals surface area (Å²) in [5.74, 6) is -0.689. The topological polar surface area (TPSA) is 81.9 Å². The number of primary amides is 1. The zero-order valence-corrected chi connectivity index (χ0v) is 11.0. The third-order valence-corrected chi connectivity index (χ3v) is 3.27. The van der Waals surface area contributed by atoms with Crippen LogP contribution in [0, 0.1) is 0 Å². The van der Waals surface area contributed by atoms with Crippen LogP contribution >= 0.6 is 11.9 Å². The van der Waals surface area contributed by atoms with Gasteiger partial charge in [-0.15, -0.1) is 4.47 Å². The standard InChI is InChI=1S/C12H12N2O4S/c1-2-17-12(16)18-14-9(11(13)15)7-8-5-3-4-6-10(8)19-14/h3-7H,2H2,1H3,(H2,13,15). The maximum atomic E-state index is 11.4. The summed E-state index contributed by atoms with van der Waals surface area (Å²) in [4.78, 5) is 28.5. The molecule has 1 aliphatic rings. The maximum Gasteiger partial charge on any atom is 0.534 e. The minimum Gasteiger partial charge on any atom is -0.433 e. The first kappa shape index (κ1) is 13.3. The van der Waals surface area contributed by atoms with Crippen molar-refractivity contribution in [1.82, 2.24) is 4.47 Å².